The average Bonchev–Trinajstić information content (AvgIpc) is 2.56. The number of nitrogens with zero attached hydrogens (tertiary/aromatic N) is 1. The van der Waals surface area contributed by atoms with Crippen molar-refractivity contribution in [2.24, 2.45) is 0 Å². The SMILES string of the molecule is CCC(NC)c1cc(C(C)C)on1. The van der Waals surface area contributed by atoms with Gasteiger partial charge in [0.25, 0.3) is 0 Å². The van der Waals surface area contributed by atoms with Crippen LogP contribution in [0.3, 0.4) is 0 Å². The van der Waals surface area contributed by atoms with Crippen LogP contribution in [0.15, 0.2) is 10.6 Å². The molecule has 0 radical (unpaired) electrons. The van der Waals surface area contributed by atoms with Gasteiger partial charge < -0.3 is 9.84 Å². The average molecular weight is 182 g/mol. The van der Waals surface area contributed by atoms with Crippen LogP contribution in [0, 0.1) is 0 Å². The highest BCUT2D eigenvalue weighted by Crippen LogP contribution is 2.20. The summed E-state index contributed by atoms with van der Waals surface area (Å²) < 4.78 is 5.22. The third kappa shape index (κ3) is 2.31. The third-order valence-corrected chi connectivity index (χ3v) is 2.23. The lowest BCUT2D eigenvalue weighted by atomic mass is 10.1. The van der Waals surface area contributed by atoms with Crippen LogP contribution >= 0.6 is 0 Å². The summed E-state index contributed by atoms with van der Waals surface area (Å²) >= 11 is 0. The van der Waals surface area contributed by atoms with E-state index in [0.717, 1.165) is 17.9 Å². The molecule has 0 aliphatic carbocycles. The molecule has 0 saturated heterocycles. The van der Waals surface area contributed by atoms with Gasteiger partial charge in [0, 0.05) is 12.0 Å². The van der Waals surface area contributed by atoms with Crippen LogP contribution in [0.5, 0.6) is 0 Å². The fourth-order valence-corrected chi connectivity index (χ4v) is 1.30. The highest BCUT2D eigenvalue weighted by molar-refractivity contribution is 5.12. The lowest BCUT2D eigenvalue weighted by Crippen LogP contribution is -2.15. The van der Waals surface area contributed by atoms with Crippen molar-refractivity contribution in [1.82, 2.24) is 10.5 Å². The zero-order valence-electron chi connectivity index (χ0n) is 8.79. The van der Waals surface area contributed by atoms with E-state index >= 15 is 0 Å². The van der Waals surface area contributed by atoms with E-state index in [1.165, 1.54) is 0 Å². The quantitative estimate of drug-likeness (QED) is 0.777. The lowest BCUT2D eigenvalue weighted by Gasteiger charge is -2.08. The van der Waals surface area contributed by atoms with Crippen LogP contribution in [-0.2, 0) is 0 Å². The van der Waals surface area contributed by atoms with Gasteiger partial charge in [-0.2, -0.15) is 0 Å². The summed E-state index contributed by atoms with van der Waals surface area (Å²) in [7, 11) is 1.94. The molecule has 0 saturated carbocycles. The third-order valence-electron chi connectivity index (χ3n) is 2.23. The second kappa shape index (κ2) is 4.42. The van der Waals surface area contributed by atoms with Crippen LogP contribution in [0.4, 0.5) is 0 Å². The zero-order valence-corrected chi connectivity index (χ0v) is 8.79. The number of aromatic nitrogens is 1. The minimum Gasteiger partial charge on any atom is -0.361 e. The summed E-state index contributed by atoms with van der Waals surface area (Å²) in [5, 5.41) is 7.24. The maximum atomic E-state index is 5.22. The number of rotatable bonds is 4. The summed E-state index contributed by atoms with van der Waals surface area (Å²) in [6.07, 6.45) is 1.03. The van der Waals surface area contributed by atoms with Crippen LogP contribution in [-0.4, -0.2) is 12.2 Å². The molecular weight excluding hydrogens is 164 g/mol. The van der Waals surface area contributed by atoms with Gasteiger partial charge in [-0.05, 0) is 13.5 Å². The Balaban J connectivity index is 2.78. The second-order valence-corrected chi connectivity index (χ2v) is 3.56. The van der Waals surface area contributed by atoms with E-state index in [9.17, 15) is 0 Å². The number of nitrogens with one attached hydrogen (secondary N) is 1. The summed E-state index contributed by atoms with van der Waals surface area (Å²) in [5.41, 5.74) is 1.01. The molecule has 0 aromatic carbocycles. The van der Waals surface area contributed by atoms with Crippen molar-refractivity contribution in [3.63, 3.8) is 0 Å². The van der Waals surface area contributed by atoms with E-state index in [2.05, 4.69) is 31.2 Å². The Morgan fingerprint density at radius 2 is 2.23 bits per heavy atom. The summed E-state index contributed by atoms with van der Waals surface area (Å²) in [5.74, 6) is 1.37. The smallest absolute Gasteiger partial charge is 0.139 e. The molecule has 1 N–H and O–H groups in total. The molecule has 1 rings (SSSR count). The van der Waals surface area contributed by atoms with Gasteiger partial charge in [0.1, 0.15) is 11.5 Å². The minimum absolute atomic E-state index is 0.316. The van der Waals surface area contributed by atoms with Gasteiger partial charge in [-0.3, -0.25) is 0 Å². The van der Waals surface area contributed by atoms with E-state index in [1.807, 2.05) is 13.1 Å². The first-order chi connectivity index (χ1) is 6.19. The van der Waals surface area contributed by atoms with E-state index in [1.54, 1.807) is 0 Å². The highest BCUT2D eigenvalue weighted by Gasteiger charge is 2.13. The van der Waals surface area contributed by atoms with E-state index in [-0.39, 0.29) is 0 Å². The molecule has 1 heterocycles. The van der Waals surface area contributed by atoms with Gasteiger partial charge in [0.2, 0.25) is 0 Å². The van der Waals surface area contributed by atoms with Crippen molar-refractivity contribution in [1.29, 1.82) is 0 Å². The van der Waals surface area contributed by atoms with Crippen molar-refractivity contribution in [2.45, 2.75) is 39.2 Å². The van der Waals surface area contributed by atoms with Gasteiger partial charge in [-0.1, -0.05) is 25.9 Å². The van der Waals surface area contributed by atoms with Crippen LogP contribution < -0.4 is 5.32 Å². The Labute approximate surface area is 79.5 Å². The fourth-order valence-electron chi connectivity index (χ4n) is 1.30. The zero-order chi connectivity index (χ0) is 9.84. The Morgan fingerprint density at radius 3 is 2.62 bits per heavy atom. The highest BCUT2D eigenvalue weighted by atomic mass is 16.5. The Bertz CT molecular complexity index is 251. The first kappa shape index (κ1) is 10.3. The van der Waals surface area contributed by atoms with Crippen molar-refractivity contribution in [3.8, 4) is 0 Å². The van der Waals surface area contributed by atoms with E-state index in [4.69, 9.17) is 4.52 Å². The predicted octanol–water partition coefficient (Wildman–Crippen LogP) is 2.47. The molecule has 1 unspecified atom stereocenters. The molecule has 0 bridgehead atoms. The summed E-state index contributed by atoms with van der Waals surface area (Å²) in [6.45, 7) is 6.33. The Morgan fingerprint density at radius 1 is 1.54 bits per heavy atom. The lowest BCUT2D eigenvalue weighted by molar-refractivity contribution is 0.357. The Hall–Kier alpha value is -0.830. The molecule has 1 atom stereocenters. The van der Waals surface area contributed by atoms with E-state index in [0.29, 0.717) is 12.0 Å². The maximum Gasteiger partial charge on any atom is 0.139 e. The van der Waals surface area contributed by atoms with E-state index < -0.39 is 0 Å². The standard InChI is InChI=1S/C10H18N2O/c1-5-8(11-4)9-6-10(7(2)3)13-12-9/h6-8,11H,5H2,1-4H3. The van der Waals surface area contributed by atoms with Crippen LogP contribution in [0.1, 0.15) is 50.6 Å². The van der Waals surface area contributed by atoms with Crippen molar-refractivity contribution in [2.75, 3.05) is 7.05 Å². The molecule has 0 spiro atoms. The molecule has 0 aliphatic rings. The first-order valence-electron chi connectivity index (χ1n) is 4.82. The van der Waals surface area contributed by atoms with Gasteiger partial charge in [0.05, 0.1) is 6.04 Å². The maximum absolute atomic E-state index is 5.22. The van der Waals surface area contributed by atoms with Crippen LogP contribution in [0.25, 0.3) is 0 Å². The van der Waals surface area contributed by atoms with Gasteiger partial charge in [0.15, 0.2) is 0 Å². The van der Waals surface area contributed by atoms with Crippen molar-refractivity contribution >= 4 is 0 Å². The molecule has 13 heavy (non-hydrogen) atoms. The topological polar surface area (TPSA) is 38.1 Å². The fraction of sp³-hybridized carbons (Fsp3) is 0.700. The van der Waals surface area contributed by atoms with Gasteiger partial charge in [-0.25, -0.2) is 0 Å². The molecule has 0 fully saturated rings. The first-order valence-corrected chi connectivity index (χ1v) is 4.82. The normalized spacial score (nSPS) is 13.6. The molecule has 1 aromatic heterocycles. The largest absolute Gasteiger partial charge is 0.361 e. The van der Waals surface area contributed by atoms with Crippen molar-refractivity contribution < 1.29 is 4.52 Å². The van der Waals surface area contributed by atoms with Crippen LogP contribution in [0.2, 0.25) is 0 Å². The summed E-state index contributed by atoms with van der Waals surface area (Å²) in [4.78, 5) is 0. The predicted molar refractivity (Wildman–Crippen MR) is 52.7 cm³/mol. The monoisotopic (exact) mass is 182 g/mol. The minimum atomic E-state index is 0.316. The molecule has 1 aromatic rings. The molecule has 0 aliphatic heterocycles. The second-order valence-electron chi connectivity index (χ2n) is 3.56. The van der Waals surface area contributed by atoms with Crippen molar-refractivity contribution in [3.05, 3.63) is 17.5 Å². The molecule has 0 amide bonds. The number of hydrogen-bond donors (Lipinski definition) is 1. The molecule has 74 valence electrons. The van der Waals surface area contributed by atoms with Gasteiger partial charge in [-0.15, -0.1) is 0 Å². The Kier molecular flexibility index (Phi) is 3.48. The number of hydrogen-bond acceptors (Lipinski definition) is 3. The molecule has 3 heteroatoms. The molecular formula is C10H18N2O. The molecule has 3 nitrogen and oxygen atoms in total. The summed E-state index contributed by atoms with van der Waals surface area (Å²) in [6, 6.07) is 2.35. The van der Waals surface area contributed by atoms with Gasteiger partial charge >= 0.3 is 0 Å².